The Kier molecular flexibility index (Phi) is 5.57. The summed E-state index contributed by atoms with van der Waals surface area (Å²) in [4.78, 5) is 26.5. The lowest BCUT2D eigenvalue weighted by Crippen LogP contribution is -2.49. The minimum absolute atomic E-state index is 0.107. The average molecular weight is 321 g/mol. The Morgan fingerprint density at radius 2 is 1.65 bits per heavy atom. The van der Waals surface area contributed by atoms with Crippen LogP contribution < -0.4 is 11.1 Å². The molecule has 2 unspecified atom stereocenters. The summed E-state index contributed by atoms with van der Waals surface area (Å²) in [6, 6.07) is 0.300. The zero-order valence-electron chi connectivity index (χ0n) is 14.1. The van der Waals surface area contributed by atoms with Crippen LogP contribution in [0.4, 0.5) is 0 Å². The number of nitrogens with one attached hydrogen (secondary N) is 1. The minimum Gasteiger partial charge on any atom is -0.355 e. The van der Waals surface area contributed by atoms with Crippen LogP contribution in [0.2, 0.25) is 0 Å². The zero-order chi connectivity index (χ0) is 16.2. The highest BCUT2D eigenvalue weighted by Crippen LogP contribution is 2.41. The van der Waals surface area contributed by atoms with Crippen molar-refractivity contribution < 1.29 is 9.59 Å². The number of fused-ring (bicyclic) bond motifs is 2. The van der Waals surface area contributed by atoms with Gasteiger partial charge in [0.15, 0.2) is 0 Å². The quantitative estimate of drug-likeness (QED) is 0.827. The third kappa shape index (κ3) is 4.06. The predicted octanol–water partition coefficient (Wildman–Crippen LogP) is 1.66. The Bertz CT molecular complexity index is 420. The lowest BCUT2D eigenvalue weighted by atomic mass is 9.65. The molecule has 0 spiro atoms. The van der Waals surface area contributed by atoms with E-state index >= 15 is 0 Å². The molecule has 2 bridgehead atoms. The van der Waals surface area contributed by atoms with Gasteiger partial charge in [-0.15, -0.1) is 0 Å². The van der Waals surface area contributed by atoms with Crippen molar-refractivity contribution in [2.24, 2.45) is 23.5 Å². The van der Waals surface area contributed by atoms with Crippen molar-refractivity contribution in [1.29, 1.82) is 0 Å². The van der Waals surface area contributed by atoms with Crippen molar-refractivity contribution in [1.82, 2.24) is 10.2 Å². The third-order valence-electron chi connectivity index (χ3n) is 6.13. The Morgan fingerprint density at radius 3 is 2.30 bits per heavy atom. The molecule has 0 radical (unpaired) electrons. The second-order valence-corrected chi connectivity index (χ2v) is 7.68. The smallest absolute Gasteiger partial charge is 0.224 e. The number of rotatable bonds is 4. The van der Waals surface area contributed by atoms with E-state index in [0.29, 0.717) is 30.8 Å². The van der Waals surface area contributed by atoms with Gasteiger partial charge in [-0.3, -0.25) is 9.59 Å². The van der Waals surface area contributed by atoms with Crippen LogP contribution in [-0.2, 0) is 9.59 Å². The number of hydrogen-bond acceptors (Lipinski definition) is 3. The lowest BCUT2D eigenvalue weighted by Gasteiger charge is -2.43. The number of amides is 2. The van der Waals surface area contributed by atoms with Gasteiger partial charge < -0.3 is 16.0 Å². The summed E-state index contributed by atoms with van der Waals surface area (Å²) in [5, 5.41) is 3.00. The van der Waals surface area contributed by atoms with Crippen LogP contribution >= 0.6 is 0 Å². The molecule has 1 saturated heterocycles. The monoisotopic (exact) mass is 321 g/mol. The van der Waals surface area contributed by atoms with Crippen LogP contribution in [0.1, 0.15) is 57.8 Å². The highest BCUT2D eigenvalue weighted by Gasteiger charge is 2.40. The number of nitrogens with two attached hydrogens (primary N) is 1. The highest BCUT2D eigenvalue weighted by atomic mass is 16.2. The van der Waals surface area contributed by atoms with E-state index in [0.717, 1.165) is 38.8 Å². The largest absolute Gasteiger partial charge is 0.355 e. The highest BCUT2D eigenvalue weighted by molar-refractivity contribution is 5.80. The van der Waals surface area contributed by atoms with E-state index in [1.807, 2.05) is 4.90 Å². The van der Waals surface area contributed by atoms with E-state index in [4.69, 9.17) is 5.73 Å². The fraction of sp³-hybridized carbons (Fsp3) is 0.889. The molecule has 2 atom stereocenters. The lowest BCUT2D eigenvalue weighted by molar-refractivity contribution is -0.132. The predicted molar refractivity (Wildman–Crippen MR) is 89.6 cm³/mol. The van der Waals surface area contributed by atoms with Gasteiger partial charge in [-0.2, -0.15) is 0 Å². The van der Waals surface area contributed by atoms with Gasteiger partial charge in [0.1, 0.15) is 0 Å². The van der Waals surface area contributed by atoms with Crippen molar-refractivity contribution in [3.05, 3.63) is 0 Å². The van der Waals surface area contributed by atoms with Crippen LogP contribution in [0.25, 0.3) is 0 Å². The minimum atomic E-state index is 0.107. The molecule has 5 heteroatoms. The number of nitrogens with zero attached hydrogens (tertiary/aromatic N) is 1. The molecule has 5 nitrogen and oxygen atoms in total. The normalized spacial score (nSPS) is 34.0. The summed E-state index contributed by atoms with van der Waals surface area (Å²) in [6.07, 6.45) is 9.38. The van der Waals surface area contributed by atoms with Gasteiger partial charge in [-0.25, -0.2) is 0 Å². The summed E-state index contributed by atoms with van der Waals surface area (Å²) in [7, 11) is 0. The Morgan fingerprint density at radius 1 is 1.00 bits per heavy atom. The molecule has 3 fully saturated rings. The molecule has 1 heterocycles. The molecule has 1 aliphatic heterocycles. The number of piperidine rings is 1. The Hall–Kier alpha value is -1.10. The molecule has 0 aromatic rings. The second-order valence-electron chi connectivity index (χ2n) is 7.68. The molecule has 3 rings (SSSR count). The van der Waals surface area contributed by atoms with Crippen molar-refractivity contribution in [3.8, 4) is 0 Å². The van der Waals surface area contributed by atoms with Gasteiger partial charge in [0.05, 0.1) is 0 Å². The molecular weight excluding hydrogens is 290 g/mol. The van der Waals surface area contributed by atoms with Gasteiger partial charge in [0.2, 0.25) is 11.8 Å². The van der Waals surface area contributed by atoms with E-state index < -0.39 is 0 Å². The van der Waals surface area contributed by atoms with E-state index in [1.165, 1.54) is 25.7 Å². The standard InChI is InChI=1S/C18H31N3O2/c19-17-13-5-4-6-14(17)12-15(11-13)18(23)20-8-7-16(22)21-9-2-1-3-10-21/h13-15,17H,1-12,19H2,(H,20,23). The summed E-state index contributed by atoms with van der Waals surface area (Å²) in [5.74, 6) is 1.48. The summed E-state index contributed by atoms with van der Waals surface area (Å²) >= 11 is 0. The fourth-order valence-corrected chi connectivity index (χ4v) is 4.74. The Balaban J connectivity index is 1.40. The van der Waals surface area contributed by atoms with Crippen LogP contribution in [0.15, 0.2) is 0 Å². The maximum atomic E-state index is 12.4. The molecule has 130 valence electrons. The first kappa shape index (κ1) is 16.7. The van der Waals surface area contributed by atoms with Gasteiger partial charge in [0.25, 0.3) is 0 Å². The second kappa shape index (κ2) is 7.65. The van der Waals surface area contributed by atoms with Gasteiger partial charge >= 0.3 is 0 Å². The number of carbonyl (C=O) groups is 2. The van der Waals surface area contributed by atoms with Crippen molar-refractivity contribution >= 4 is 11.8 Å². The third-order valence-corrected chi connectivity index (χ3v) is 6.13. The first-order valence-electron chi connectivity index (χ1n) is 9.46. The van der Waals surface area contributed by atoms with Crippen molar-refractivity contribution in [2.45, 2.75) is 63.8 Å². The van der Waals surface area contributed by atoms with Crippen molar-refractivity contribution in [3.63, 3.8) is 0 Å². The number of hydrogen-bond donors (Lipinski definition) is 2. The van der Waals surface area contributed by atoms with E-state index in [2.05, 4.69) is 5.32 Å². The fourth-order valence-electron chi connectivity index (χ4n) is 4.74. The summed E-state index contributed by atoms with van der Waals surface area (Å²) < 4.78 is 0. The summed E-state index contributed by atoms with van der Waals surface area (Å²) in [5.41, 5.74) is 6.29. The molecule has 2 amide bonds. The topological polar surface area (TPSA) is 75.4 Å². The van der Waals surface area contributed by atoms with Crippen LogP contribution in [0.3, 0.4) is 0 Å². The molecule has 2 saturated carbocycles. The van der Waals surface area contributed by atoms with Crippen LogP contribution in [-0.4, -0.2) is 42.4 Å². The summed E-state index contributed by atoms with van der Waals surface area (Å²) in [6.45, 7) is 2.25. The molecule has 2 aliphatic carbocycles. The van der Waals surface area contributed by atoms with Gasteiger partial charge in [0, 0.05) is 38.0 Å². The number of carbonyl (C=O) groups excluding carboxylic acids is 2. The molecule has 3 N–H and O–H groups in total. The average Bonchev–Trinajstić information content (AvgIpc) is 2.55. The van der Waals surface area contributed by atoms with Crippen molar-refractivity contribution in [2.75, 3.05) is 19.6 Å². The van der Waals surface area contributed by atoms with Gasteiger partial charge in [-0.05, 0) is 56.8 Å². The maximum Gasteiger partial charge on any atom is 0.224 e. The molecule has 0 aromatic carbocycles. The molecular formula is C18H31N3O2. The first-order chi connectivity index (χ1) is 11.1. The number of likely N-dealkylation sites (tertiary alicyclic amines) is 1. The maximum absolute atomic E-state index is 12.4. The van der Waals surface area contributed by atoms with Crippen LogP contribution in [0.5, 0.6) is 0 Å². The molecule has 3 aliphatic rings. The van der Waals surface area contributed by atoms with Crippen LogP contribution in [0, 0.1) is 17.8 Å². The first-order valence-corrected chi connectivity index (χ1v) is 9.46. The molecule has 23 heavy (non-hydrogen) atoms. The van der Waals surface area contributed by atoms with E-state index in [9.17, 15) is 9.59 Å². The molecule has 0 aromatic heterocycles. The van der Waals surface area contributed by atoms with E-state index in [-0.39, 0.29) is 17.7 Å². The Labute approximate surface area is 139 Å². The SMILES string of the molecule is NC1C2CCCC1CC(C(=O)NCCC(=O)N1CCCCC1)C2. The van der Waals surface area contributed by atoms with E-state index in [1.54, 1.807) is 0 Å². The van der Waals surface area contributed by atoms with Gasteiger partial charge in [-0.1, -0.05) is 6.42 Å². The zero-order valence-corrected chi connectivity index (χ0v) is 14.1.